The fourth-order valence-corrected chi connectivity index (χ4v) is 4.57. The molecule has 5 rings (SSSR count). The van der Waals surface area contributed by atoms with Gasteiger partial charge in [0.05, 0.1) is 16.8 Å². The number of hydrogen-bond acceptors (Lipinski definition) is 6. The molecular weight excluding hydrogens is 444 g/mol. The molecule has 1 amide bonds. The minimum Gasteiger partial charge on any atom is -0.454 e. The van der Waals surface area contributed by atoms with Gasteiger partial charge in [0.2, 0.25) is 6.79 Å². The summed E-state index contributed by atoms with van der Waals surface area (Å²) in [5, 5.41) is 3.53. The molecule has 7 heteroatoms. The topological polar surface area (TPSA) is 86.8 Å². The minimum atomic E-state index is -0.491. The molecule has 0 fully saturated rings. The first-order chi connectivity index (χ1) is 17.1. The van der Waals surface area contributed by atoms with Crippen LogP contribution in [-0.2, 0) is 16.0 Å². The summed E-state index contributed by atoms with van der Waals surface area (Å²) >= 11 is 0. The van der Waals surface area contributed by atoms with Gasteiger partial charge >= 0.3 is 5.97 Å². The molecule has 0 unspecified atom stereocenters. The van der Waals surface area contributed by atoms with Crippen LogP contribution in [0.15, 0.2) is 42.5 Å². The number of esters is 1. The van der Waals surface area contributed by atoms with E-state index in [-0.39, 0.29) is 19.3 Å². The van der Waals surface area contributed by atoms with Crippen LogP contribution in [0.4, 0.5) is 0 Å². The van der Waals surface area contributed by atoms with Crippen LogP contribution in [0.1, 0.15) is 59.8 Å². The number of benzene rings is 2. The number of nitrogens with zero attached hydrogens (tertiary/aromatic N) is 1. The molecule has 35 heavy (non-hydrogen) atoms. The van der Waals surface area contributed by atoms with Crippen LogP contribution in [0.3, 0.4) is 0 Å². The Morgan fingerprint density at radius 2 is 1.97 bits per heavy atom. The van der Waals surface area contributed by atoms with Gasteiger partial charge in [-0.3, -0.25) is 4.79 Å². The van der Waals surface area contributed by atoms with Crippen molar-refractivity contribution in [1.82, 2.24) is 10.3 Å². The van der Waals surface area contributed by atoms with Gasteiger partial charge in [-0.05, 0) is 66.7 Å². The van der Waals surface area contributed by atoms with E-state index < -0.39 is 5.97 Å². The molecule has 7 nitrogen and oxygen atoms in total. The van der Waals surface area contributed by atoms with Crippen molar-refractivity contribution in [3.8, 4) is 11.5 Å². The van der Waals surface area contributed by atoms with Gasteiger partial charge in [0.25, 0.3) is 5.91 Å². The van der Waals surface area contributed by atoms with Crippen molar-refractivity contribution in [1.29, 1.82) is 0 Å². The average Bonchev–Trinajstić information content (AvgIpc) is 3.34. The van der Waals surface area contributed by atoms with Gasteiger partial charge in [0.1, 0.15) is 0 Å². The fraction of sp³-hybridized carbons (Fsp3) is 0.321. The number of amides is 1. The lowest BCUT2D eigenvalue weighted by Gasteiger charge is -2.22. The Hall–Kier alpha value is -3.87. The second-order valence-electron chi connectivity index (χ2n) is 8.75. The summed E-state index contributed by atoms with van der Waals surface area (Å²) in [4.78, 5) is 30.3. The largest absolute Gasteiger partial charge is 0.454 e. The first-order valence-electron chi connectivity index (χ1n) is 12.1. The number of fused-ring (bicyclic) bond motifs is 3. The van der Waals surface area contributed by atoms with Crippen molar-refractivity contribution in [2.24, 2.45) is 0 Å². The van der Waals surface area contributed by atoms with E-state index in [1.807, 2.05) is 42.5 Å². The van der Waals surface area contributed by atoms with E-state index in [1.165, 1.54) is 0 Å². The van der Waals surface area contributed by atoms with Gasteiger partial charge in [-0.25, -0.2) is 9.78 Å². The Morgan fingerprint density at radius 1 is 1.11 bits per heavy atom. The minimum absolute atomic E-state index is 0.230. The Balaban J connectivity index is 1.49. The number of carbonyl (C=O) groups is 2. The van der Waals surface area contributed by atoms with Crippen LogP contribution in [-0.4, -0.2) is 36.8 Å². The molecule has 3 aromatic rings. The van der Waals surface area contributed by atoms with Crippen molar-refractivity contribution in [2.75, 3.05) is 19.9 Å². The molecular formula is C28H28N2O5. The van der Waals surface area contributed by atoms with Crippen LogP contribution in [0.2, 0.25) is 0 Å². The molecule has 1 aliphatic heterocycles. The van der Waals surface area contributed by atoms with Crippen molar-refractivity contribution < 1.29 is 23.8 Å². The molecule has 1 aromatic heterocycles. The Labute approximate surface area is 204 Å². The molecule has 2 aliphatic rings. The van der Waals surface area contributed by atoms with Gasteiger partial charge in [-0.15, -0.1) is 0 Å². The third-order valence-electron chi connectivity index (χ3n) is 6.30. The average molecular weight is 473 g/mol. The zero-order valence-corrected chi connectivity index (χ0v) is 19.8. The first-order valence-corrected chi connectivity index (χ1v) is 12.1. The smallest absolute Gasteiger partial charge is 0.339 e. The van der Waals surface area contributed by atoms with E-state index in [9.17, 15) is 9.59 Å². The maximum atomic E-state index is 13.3. The van der Waals surface area contributed by atoms with Gasteiger partial charge in [0, 0.05) is 11.9 Å². The SMILES string of the molecule is CCCCNC(=O)COC(=O)c1c2c(nc3ccccc13)C(=Cc1ccc3c(c1)OCO3)CCC2. The summed E-state index contributed by atoms with van der Waals surface area (Å²) in [6, 6.07) is 13.4. The zero-order chi connectivity index (χ0) is 24.2. The monoisotopic (exact) mass is 472 g/mol. The normalized spacial score (nSPS) is 15.2. The molecule has 0 atom stereocenters. The zero-order valence-electron chi connectivity index (χ0n) is 19.8. The highest BCUT2D eigenvalue weighted by atomic mass is 16.7. The van der Waals surface area contributed by atoms with E-state index in [1.54, 1.807) is 0 Å². The number of ether oxygens (including phenoxy) is 3. The molecule has 1 N–H and O–H groups in total. The summed E-state index contributed by atoms with van der Waals surface area (Å²) in [6.07, 6.45) is 6.43. The molecule has 2 aromatic carbocycles. The van der Waals surface area contributed by atoms with E-state index in [0.29, 0.717) is 12.1 Å². The number of aromatic nitrogens is 1. The lowest BCUT2D eigenvalue weighted by molar-refractivity contribution is -0.124. The lowest BCUT2D eigenvalue weighted by Crippen LogP contribution is -2.30. The molecule has 0 saturated carbocycles. The summed E-state index contributed by atoms with van der Waals surface area (Å²) in [7, 11) is 0. The third-order valence-corrected chi connectivity index (χ3v) is 6.30. The maximum absolute atomic E-state index is 13.3. The Bertz CT molecular complexity index is 1310. The van der Waals surface area contributed by atoms with Crippen molar-refractivity contribution in [3.63, 3.8) is 0 Å². The lowest BCUT2D eigenvalue weighted by atomic mass is 9.86. The summed E-state index contributed by atoms with van der Waals surface area (Å²) in [5.74, 6) is 0.685. The Kier molecular flexibility index (Phi) is 6.66. The first kappa shape index (κ1) is 22.9. The van der Waals surface area contributed by atoms with Gasteiger partial charge in [-0.1, -0.05) is 37.6 Å². The summed E-state index contributed by atoms with van der Waals surface area (Å²) < 4.78 is 16.4. The highest BCUT2D eigenvalue weighted by Gasteiger charge is 2.26. The molecule has 0 radical (unpaired) electrons. The highest BCUT2D eigenvalue weighted by Crippen LogP contribution is 2.38. The quantitative estimate of drug-likeness (QED) is 0.388. The number of hydrogen-bond donors (Lipinski definition) is 1. The van der Waals surface area contributed by atoms with E-state index in [4.69, 9.17) is 19.2 Å². The van der Waals surface area contributed by atoms with Crippen LogP contribution in [0, 0.1) is 0 Å². The predicted octanol–water partition coefficient (Wildman–Crippen LogP) is 4.91. The molecule has 0 spiro atoms. The number of unbranched alkanes of at least 4 members (excludes halogenated alkanes) is 1. The predicted molar refractivity (Wildman–Crippen MR) is 133 cm³/mol. The van der Waals surface area contributed by atoms with Crippen molar-refractivity contribution in [3.05, 3.63) is 64.8 Å². The van der Waals surface area contributed by atoms with Crippen LogP contribution >= 0.6 is 0 Å². The fourth-order valence-electron chi connectivity index (χ4n) is 4.57. The molecule has 0 bridgehead atoms. The van der Waals surface area contributed by atoms with Gasteiger partial charge in [0.15, 0.2) is 18.1 Å². The standard InChI is InChI=1S/C28H28N2O5/c1-2-3-13-29-25(31)16-33-28(32)26-20-8-4-5-10-22(20)30-27-19(7-6-9-21(26)27)14-18-11-12-23-24(15-18)35-17-34-23/h4-5,8,10-12,14-15H,2-3,6-7,9,13,16-17H2,1H3,(H,29,31). The van der Waals surface area contributed by atoms with Crippen LogP contribution in [0.5, 0.6) is 11.5 Å². The molecule has 2 heterocycles. The van der Waals surface area contributed by atoms with Crippen LogP contribution < -0.4 is 14.8 Å². The number of para-hydroxylation sites is 1. The number of allylic oxidation sites excluding steroid dienone is 1. The number of rotatable bonds is 7. The summed E-state index contributed by atoms with van der Waals surface area (Å²) in [6.45, 7) is 2.56. The number of nitrogens with one attached hydrogen (secondary N) is 1. The van der Waals surface area contributed by atoms with Crippen molar-refractivity contribution >= 4 is 34.4 Å². The highest BCUT2D eigenvalue weighted by molar-refractivity contribution is 6.07. The van der Waals surface area contributed by atoms with E-state index in [2.05, 4.69) is 18.3 Å². The van der Waals surface area contributed by atoms with Crippen LogP contribution in [0.25, 0.3) is 22.6 Å². The van der Waals surface area contributed by atoms with Gasteiger partial charge in [-0.2, -0.15) is 0 Å². The third kappa shape index (κ3) is 4.85. The molecule has 180 valence electrons. The maximum Gasteiger partial charge on any atom is 0.339 e. The molecule has 1 aliphatic carbocycles. The van der Waals surface area contributed by atoms with E-state index in [0.717, 1.165) is 76.9 Å². The molecule has 0 saturated heterocycles. The number of carbonyl (C=O) groups excluding carboxylic acids is 2. The second kappa shape index (κ2) is 10.2. The Morgan fingerprint density at radius 3 is 2.86 bits per heavy atom. The van der Waals surface area contributed by atoms with Crippen molar-refractivity contribution in [2.45, 2.75) is 39.0 Å². The summed E-state index contributed by atoms with van der Waals surface area (Å²) in [5.41, 5.74) is 4.96. The van der Waals surface area contributed by atoms with E-state index >= 15 is 0 Å². The second-order valence-corrected chi connectivity index (χ2v) is 8.75. The van der Waals surface area contributed by atoms with Gasteiger partial charge < -0.3 is 19.5 Å². The number of pyridine rings is 1.